The van der Waals surface area contributed by atoms with E-state index in [1.165, 1.54) is 10.8 Å². The molecule has 0 aliphatic carbocycles. The van der Waals surface area contributed by atoms with Crippen molar-refractivity contribution in [1.82, 2.24) is 14.3 Å². The van der Waals surface area contributed by atoms with E-state index >= 15 is 0 Å². The van der Waals surface area contributed by atoms with E-state index in [1.807, 2.05) is 0 Å². The highest BCUT2D eigenvalue weighted by Gasteiger charge is 2.34. The Hall–Kier alpha value is -3.35. The van der Waals surface area contributed by atoms with Crippen LogP contribution in [0.15, 0.2) is 36.5 Å². The van der Waals surface area contributed by atoms with E-state index < -0.39 is 27.9 Å². The van der Waals surface area contributed by atoms with Crippen molar-refractivity contribution in [2.75, 3.05) is 22.7 Å². The van der Waals surface area contributed by atoms with Gasteiger partial charge in [-0.3, -0.25) is 9.62 Å². The Morgan fingerprint density at radius 3 is 2.67 bits per heavy atom. The van der Waals surface area contributed by atoms with Crippen molar-refractivity contribution in [2.24, 2.45) is 0 Å². The summed E-state index contributed by atoms with van der Waals surface area (Å²) >= 11 is 6.22. The van der Waals surface area contributed by atoms with Gasteiger partial charge in [0.05, 0.1) is 11.2 Å². The normalized spacial score (nSPS) is 15.6. The summed E-state index contributed by atoms with van der Waals surface area (Å²) in [5.41, 5.74) is 0.276. The number of ether oxygens (including phenoxy) is 1. The molecule has 13 heteroatoms. The van der Waals surface area contributed by atoms with Gasteiger partial charge < -0.3 is 14.4 Å². The standard InChI is InChI=1S/C23H26ClN5O6S/c1-23(2,3)35-22(32)27-18-11-14(7-9-25-18)13-28-17-6-5-15(24)12-16(17)19(20(28)21(30)31)29-10-4-8-26-36(29,33)34/h5-7,9,11-12,26H,4,8,10,13H2,1-3H3,(H,30,31)(H,25,27,32). The van der Waals surface area contributed by atoms with Crippen LogP contribution in [0.3, 0.4) is 0 Å². The molecule has 0 atom stereocenters. The number of anilines is 2. The van der Waals surface area contributed by atoms with Crippen LogP contribution in [0.5, 0.6) is 0 Å². The van der Waals surface area contributed by atoms with Crippen LogP contribution in [0.1, 0.15) is 43.2 Å². The van der Waals surface area contributed by atoms with Gasteiger partial charge in [0, 0.05) is 36.2 Å². The van der Waals surface area contributed by atoms with Crippen LogP contribution in [0.4, 0.5) is 16.3 Å². The fourth-order valence-electron chi connectivity index (χ4n) is 4.03. The number of benzene rings is 1. The lowest BCUT2D eigenvalue weighted by Gasteiger charge is -2.28. The van der Waals surface area contributed by atoms with Gasteiger partial charge in [-0.05, 0) is 63.1 Å². The molecule has 36 heavy (non-hydrogen) atoms. The second kappa shape index (κ2) is 9.60. The summed E-state index contributed by atoms with van der Waals surface area (Å²) in [5.74, 6) is -1.07. The van der Waals surface area contributed by atoms with E-state index in [0.717, 1.165) is 4.31 Å². The van der Waals surface area contributed by atoms with Crippen LogP contribution in [0.2, 0.25) is 5.02 Å². The van der Waals surface area contributed by atoms with E-state index in [-0.39, 0.29) is 36.8 Å². The van der Waals surface area contributed by atoms with Crippen LogP contribution in [-0.4, -0.2) is 53.8 Å². The van der Waals surface area contributed by atoms with Crippen LogP contribution >= 0.6 is 11.6 Å². The summed E-state index contributed by atoms with van der Waals surface area (Å²) in [6, 6.07) is 8.09. The van der Waals surface area contributed by atoms with Gasteiger partial charge in [-0.15, -0.1) is 0 Å². The Kier molecular flexibility index (Phi) is 6.86. The number of pyridine rings is 1. The van der Waals surface area contributed by atoms with Gasteiger partial charge in [-0.25, -0.2) is 14.6 Å². The average Bonchev–Trinajstić information content (AvgIpc) is 3.05. The highest BCUT2D eigenvalue weighted by Crippen LogP contribution is 2.38. The minimum Gasteiger partial charge on any atom is -0.477 e. The van der Waals surface area contributed by atoms with Crippen LogP contribution < -0.4 is 14.3 Å². The van der Waals surface area contributed by atoms with Crippen molar-refractivity contribution in [1.29, 1.82) is 0 Å². The zero-order valence-corrected chi connectivity index (χ0v) is 21.5. The Labute approximate surface area is 213 Å². The predicted molar refractivity (Wildman–Crippen MR) is 136 cm³/mol. The molecule has 192 valence electrons. The second-order valence-corrected chi connectivity index (χ2v) is 11.4. The molecule has 1 aliphatic rings. The summed E-state index contributed by atoms with van der Waals surface area (Å²) in [6.07, 6.45) is 1.31. The highest BCUT2D eigenvalue weighted by molar-refractivity contribution is 7.91. The summed E-state index contributed by atoms with van der Waals surface area (Å²) in [5, 5.41) is 13.5. The van der Waals surface area contributed by atoms with Crippen molar-refractivity contribution in [3.63, 3.8) is 0 Å². The molecule has 1 aromatic carbocycles. The van der Waals surface area contributed by atoms with Crippen molar-refractivity contribution < 1.29 is 27.9 Å². The Morgan fingerprint density at radius 1 is 1.25 bits per heavy atom. The number of carboxylic acid groups (broad SMARTS) is 1. The molecule has 1 saturated heterocycles. The van der Waals surface area contributed by atoms with Crippen LogP contribution in [0.25, 0.3) is 10.9 Å². The van der Waals surface area contributed by atoms with E-state index in [1.54, 1.807) is 51.1 Å². The number of hydrogen-bond acceptors (Lipinski definition) is 6. The number of hydrogen-bond donors (Lipinski definition) is 3. The lowest BCUT2D eigenvalue weighted by molar-refractivity contribution is 0.0633. The monoisotopic (exact) mass is 535 g/mol. The number of nitrogens with zero attached hydrogens (tertiary/aromatic N) is 3. The Morgan fingerprint density at radius 2 is 2.00 bits per heavy atom. The van der Waals surface area contributed by atoms with Gasteiger partial charge in [0.15, 0.2) is 5.69 Å². The lowest BCUT2D eigenvalue weighted by atomic mass is 10.2. The highest BCUT2D eigenvalue weighted by atomic mass is 35.5. The third-order valence-electron chi connectivity index (χ3n) is 5.36. The molecule has 0 radical (unpaired) electrons. The molecular weight excluding hydrogens is 510 g/mol. The summed E-state index contributed by atoms with van der Waals surface area (Å²) in [7, 11) is -3.94. The molecule has 11 nitrogen and oxygen atoms in total. The smallest absolute Gasteiger partial charge is 0.413 e. The third kappa shape index (κ3) is 5.40. The molecule has 1 aliphatic heterocycles. The van der Waals surface area contributed by atoms with Crippen molar-refractivity contribution in [3.05, 3.63) is 52.8 Å². The fourth-order valence-corrected chi connectivity index (χ4v) is 5.55. The first kappa shape index (κ1) is 25.7. The first-order valence-corrected chi connectivity index (χ1v) is 12.9. The number of halogens is 1. The minimum atomic E-state index is -3.94. The second-order valence-electron chi connectivity index (χ2n) is 9.25. The zero-order valence-electron chi connectivity index (χ0n) is 19.9. The predicted octanol–water partition coefficient (Wildman–Crippen LogP) is 3.83. The molecule has 0 saturated carbocycles. The Balaban J connectivity index is 1.80. The molecule has 3 heterocycles. The molecule has 4 rings (SSSR count). The van der Waals surface area contributed by atoms with E-state index in [0.29, 0.717) is 27.9 Å². The number of aromatic carboxylic acids is 1. The number of carboxylic acids is 1. The number of nitrogens with one attached hydrogen (secondary N) is 2. The van der Waals surface area contributed by atoms with Crippen LogP contribution in [-0.2, 0) is 21.5 Å². The maximum atomic E-state index is 12.8. The molecule has 2 aromatic heterocycles. The van der Waals surface area contributed by atoms with Crippen LogP contribution in [0, 0.1) is 0 Å². The van der Waals surface area contributed by atoms with E-state index in [9.17, 15) is 23.1 Å². The summed E-state index contributed by atoms with van der Waals surface area (Å²) < 4.78 is 35.9. The van der Waals surface area contributed by atoms with Crippen molar-refractivity contribution in [2.45, 2.75) is 39.3 Å². The molecule has 0 bridgehead atoms. The molecule has 3 aromatic rings. The topological polar surface area (TPSA) is 143 Å². The number of rotatable bonds is 5. The molecule has 1 amide bonds. The third-order valence-corrected chi connectivity index (χ3v) is 7.11. The number of carbonyl (C=O) groups is 2. The molecule has 0 spiro atoms. The first-order chi connectivity index (χ1) is 16.9. The number of carbonyl (C=O) groups excluding carboxylic acids is 1. The first-order valence-electron chi connectivity index (χ1n) is 11.1. The maximum absolute atomic E-state index is 12.8. The van der Waals surface area contributed by atoms with E-state index in [4.69, 9.17) is 16.3 Å². The van der Waals surface area contributed by atoms with Gasteiger partial charge in [0.25, 0.3) is 0 Å². The lowest BCUT2D eigenvalue weighted by Crippen LogP contribution is -2.47. The maximum Gasteiger partial charge on any atom is 0.413 e. The van der Waals surface area contributed by atoms with E-state index in [2.05, 4.69) is 15.0 Å². The quantitative estimate of drug-likeness (QED) is 0.450. The molecular formula is C23H26ClN5O6S. The molecule has 3 N–H and O–H groups in total. The minimum absolute atomic E-state index is 0.0494. The van der Waals surface area contributed by atoms with Gasteiger partial charge in [0.1, 0.15) is 11.4 Å². The van der Waals surface area contributed by atoms with Gasteiger partial charge in [-0.1, -0.05) is 11.6 Å². The fraction of sp³-hybridized carbons (Fsp3) is 0.348. The van der Waals surface area contributed by atoms with Gasteiger partial charge >= 0.3 is 22.3 Å². The number of amides is 1. The summed E-state index contributed by atoms with van der Waals surface area (Å²) in [4.78, 5) is 28.8. The SMILES string of the molecule is CC(C)(C)OC(=O)Nc1cc(Cn2c(C(=O)O)c(N3CCCNS3(=O)=O)c3cc(Cl)ccc32)ccn1. The van der Waals surface area contributed by atoms with Gasteiger partial charge in [-0.2, -0.15) is 13.1 Å². The molecule has 0 unspecified atom stereocenters. The van der Waals surface area contributed by atoms with Gasteiger partial charge in [0.2, 0.25) is 0 Å². The number of aromatic nitrogens is 2. The largest absolute Gasteiger partial charge is 0.477 e. The van der Waals surface area contributed by atoms with Crippen molar-refractivity contribution >= 4 is 56.3 Å². The van der Waals surface area contributed by atoms with Crippen molar-refractivity contribution in [3.8, 4) is 0 Å². The number of fused-ring (bicyclic) bond motifs is 1. The zero-order chi connectivity index (χ0) is 26.3. The average molecular weight is 536 g/mol. The Bertz CT molecular complexity index is 1450. The molecule has 1 fully saturated rings. The summed E-state index contributed by atoms with van der Waals surface area (Å²) in [6.45, 7) is 5.67.